The first-order valence-electron chi connectivity index (χ1n) is 5.90. The second-order valence-electron chi connectivity index (χ2n) is 4.42. The average molecular weight is 241 g/mol. The maximum absolute atomic E-state index is 12.2. The molecule has 0 fully saturated rings. The molecule has 0 radical (unpaired) electrons. The number of imidazole rings is 1. The molecule has 4 heteroatoms. The lowest BCUT2D eigenvalue weighted by Crippen LogP contribution is -2.24. The second kappa shape index (κ2) is 4.92. The number of benzene rings is 1. The van der Waals surface area contributed by atoms with Gasteiger partial charge in [0.05, 0.1) is 18.2 Å². The maximum atomic E-state index is 12.2. The molecule has 0 atom stereocenters. The van der Waals surface area contributed by atoms with Gasteiger partial charge in [-0.3, -0.25) is 9.13 Å². The van der Waals surface area contributed by atoms with Crippen LogP contribution in [0.4, 0.5) is 0 Å². The summed E-state index contributed by atoms with van der Waals surface area (Å²) < 4.78 is 3.26. The van der Waals surface area contributed by atoms with E-state index in [1.807, 2.05) is 38.1 Å². The topological polar surface area (TPSA) is 50.7 Å². The van der Waals surface area contributed by atoms with Crippen LogP contribution in [0.1, 0.15) is 25.5 Å². The molecule has 0 amide bonds. The van der Waals surface area contributed by atoms with Gasteiger partial charge in [-0.15, -0.1) is 0 Å². The molecule has 18 heavy (non-hydrogen) atoms. The predicted octanol–water partition coefficient (Wildman–Crippen LogP) is 2.29. The van der Waals surface area contributed by atoms with E-state index in [1.54, 1.807) is 21.5 Å². The van der Waals surface area contributed by atoms with Gasteiger partial charge in [-0.25, -0.2) is 4.79 Å². The fourth-order valence-corrected chi connectivity index (χ4v) is 1.95. The summed E-state index contributed by atoms with van der Waals surface area (Å²) in [6.45, 7) is 3.93. The summed E-state index contributed by atoms with van der Waals surface area (Å²) in [6, 6.07) is 9.73. The molecule has 0 N–H and O–H groups in total. The minimum atomic E-state index is -0.0737. The summed E-state index contributed by atoms with van der Waals surface area (Å²) >= 11 is 0. The summed E-state index contributed by atoms with van der Waals surface area (Å²) in [4.78, 5) is 12.2. The van der Waals surface area contributed by atoms with Gasteiger partial charge in [0.1, 0.15) is 0 Å². The standard InChI is InChI=1S/C14H15N3O/c1-11(2)16-9-10-17(14(16)18)13-6-4-3-5-12(13)7-8-15/h3-6,9-11H,7H2,1-2H3. The molecular weight excluding hydrogens is 226 g/mol. The molecule has 0 unspecified atom stereocenters. The lowest BCUT2D eigenvalue weighted by Gasteiger charge is -2.07. The Bertz CT molecular complexity index is 644. The molecule has 0 aliphatic carbocycles. The molecule has 4 nitrogen and oxygen atoms in total. The second-order valence-corrected chi connectivity index (χ2v) is 4.42. The highest BCUT2D eigenvalue weighted by Gasteiger charge is 2.10. The van der Waals surface area contributed by atoms with Gasteiger partial charge in [0.2, 0.25) is 0 Å². The molecule has 2 aromatic rings. The number of hydrogen-bond acceptors (Lipinski definition) is 2. The van der Waals surface area contributed by atoms with E-state index in [9.17, 15) is 4.79 Å². The smallest absolute Gasteiger partial charge is 0.296 e. The Morgan fingerprint density at radius 2 is 2.00 bits per heavy atom. The van der Waals surface area contributed by atoms with Crippen molar-refractivity contribution in [2.24, 2.45) is 0 Å². The molecule has 0 aliphatic heterocycles. The van der Waals surface area contributed by atoms with Gasteiger partial charge in [0, 0.05) is 18.4 Å². The highest BCUT2D eigenvalue weighted by Crippen LogP contribution is 2.13. The minimum Gasteiger partial charge on any atom is -0.296 e. The van der Waals surface area contributed by atoms with Crippen molar-refractivity contribution in [1.29, 1.82) is 5.26 Å². The largest absolute Gasteiger partial charge is 0.332 e. The minimum absolute atomic E-state index is 0.0737. The van der Waals surface area contributed by atoms with Gasteiger partial charge in [0.15, 0.2) is 0 Å². The lowest BCUT2D eigenvalue weighted by molar-refractivity contribution is 0.574. The van der Waals surface area contributed by atoms with Gasteiger partial charge < -0.3 is 0 Å². The van der Waals surface area contributed by atoms with E-state index < -0.39 is 0 Å². The Balaban J connectivity index is 2.57. The number of para-hydroxylation sites is 1. The third-order valence-electron chi connectivity index (χ3n) is 2.88. The summed E-state index contributed by atoms with van der Waals surface area (Å²) in [6.07, 6.45) is 3.82. The molecule has 0 spiro atoms. The van der Waals surface area contributed by atoms with E-state index in [2.05, 4.69) is 6.07 Å². The van der Waals surface area contributed by atoms with Crippen LogP contribution in [0.15, 0.2) is 41.5 Å². The van der Waals surface area contributed by atoms with Gasteiger partial charge >= 0.3 is 5.69 Å². The number of nitriles is 1. The zero-order chi connectivity index (χ0) is 13.1. The van der Waals surface area contributed by atoms with Crippen LogP contribution in [0.25, 0.3) is 5.69 Å². The van der Waals surface area contributed by atoms with E-state index in [4.69, 9.17) is 5.26 Å². The fraction of sp³-hybridized carbons (Fsp3) is 0.286. The van der Waals surface area contributed by atoms with Crippen molar-refractivity contribution in [2.45, 2.75) is 26.3 Å². The van der Waals surface area contributed by atoms with Crippen molar-refractivity contribution in [3.8, 4) is 11.8 Å². The molecule has 1 aromatic heterocycles. The quantitative estimate of drug-likeness (QED) is 0.827. The number of hydrogen-bond donors (Lipinski definition) is 0. The van der Waals surface area contributed by atoms with Crippen molar-refractivity contribution in [1.82, 2.24) is 9.13 Å². The summed E-state index contributed by atoms with van der Waals surface area (Å²) in [5.41, 5.74) is 1.57. The Hall–Kier alpha value is -2.28. The fourth-order valence-electron chi connectivity index (χ4n) is 1.95. The molecule has 0 saturated heterocycles. The third kappa shape index (κ3) is 2.07. The van der Waals surface area contributed by atoms with Crippen LogP contribution < -0.4 is 5.69 Å². The summed E-state index contributed by atoms with van der Waals surface area (Å²) in [5.74, 6) is 0. The van der Waals surface area contributed by atoms with Gasteiger partial charge in [-0.2, -0.15) is 5.26 Å². The number of nitrogens with zero attached hydrogens (tertiary/aromatic N) is 3. The molecule has 1 aromatic carbocycles. The van der Waals surface area contributed by atoms with E-state index in [1.165, 1.54) is 0 Å². The van der Waals surface area contributed by atoms with Crippen molar-refractivity contribution >= 4 is 0 Å². The van der Waals surface area contributed by atoms with Crippen molar-refractivity contribution in [2.75, 3.05) is 0 Å². The van der Waals surface area contributed by atoms with Crippen molar-refractivity contribution in [3.05, 3.63) is 52.7 Å². The van der Waals surface area contributed by atoms with Crippen LogP contribution in [0.3, 0.4) is 0 Å². The Kier molecular flexibility index (Phi) is 3.33. The average Bonchev–Trinajstić information content (AvgIpc) is 2.72. The highest BCUT2D eigenvalue weighted by atomic mass is 16.1. The van der Waals surface area contributed by atoms with Gasteiger partial charge in [-0.05, 0) is 25.5 Å². The first-order valence-corrected chi connectivity index (χ1v) is 5.90. The normalized spacial score (nSPS) is 10.6. The van der Waals surface area contributed by atoms with Crippen LogP contribution in [-0.2, 0) is 6.42 Å². The third-order valence-corrected chi connectivity index (χ3v) is 2.88. The molecule has 1 heterocycles. The Morgan fingerprint density at radius 3 is 2.61 bits per heavy atom. The zero-order valence-corrected chi connectivity index (χ0v) is 10.5. The van der Waals surface area contributed by atoms with Crippen LogP contribution >= 0.6 is 0 Å². The monoisotopic (exact) mass is 241 g/mol. The zero-order valence-electron chi connectivity index (χ0n) is 10.5. The van der Waals surface area contributed by atoms with E-state index in [0.717, 1.165) is 11.3 Å². The molecule has 0 aliphatic rings. The first kappa shape index (κ1) is 12.2. The molecule has 0 saturated carbocycles. The van der Waals surface area contributed by atoms with Crippen LogP contribution in [0, 0.1) is 11.3 Å². The molecule has 92 valence electrons. The van der Waals surface area contributed by atoms with E-state index in [-0.39, 0.29) is 11.7 Å². The van der Waals surface area contributed by atoms with E-state index >= 15 is 0 Å². The van der Waals surface area contributed by atoms with Gasteiger partial charge in [-0.1, -0.05) is 18.2 Å². The number of aromatic nitrogens is 2. The maximum Gasteiger partial charge on any atom is 0.332 e. The van der Waals surface area contributed by atoms with E-state index in [0.29, 0.717) is 6.42 Å². The van der Waals surface area contributed by atoms with Crippen LogP contribution in [0.5, 0.6) is 0 Å². The van der Waals surface area contributed by atoms with Crippen molar-refractivity contribution in [3.63, 3.8) is 0 Å². The van der Waals surface area contributed by atoms with Crippen LogP contribution in [-0.4, -0.2) is 9.13 Å². The lowest BCUT2D eigenvalue weighted by atomic mass is 10.1. The Labute approximate surface area is 106 Å². The molecular formula is C14H15N3O. The SMILES string of the molecule is CC(C)n1ccn(-c2ccccc2CC#N)c1=O. The van der Waals surface area contributed by atoms with Crippen LogP contribution in [0.2, 0.25) is 0 Å². The number of rotatable bonds is 3. The Morgan fingerprint density at radius 1 is 1.28 bits per heavy atom. The van der Waals surface area contributed by atoms with Gasteiger partial charge in [0.25, 0.3) is 0 Å². The summed E-state index contributed by atoms with van der Waals surface area (Å²) in [5, 5.41) is 8.81. The molecule has 0 bridgehead atoms. The summed E-state index contributed by atoms with van der Waals surface area (Å²) in [7, 11) is 0. The predicted molar refractivity (Wildman–Crippen MR) is 69.7 cm³/mol. The van der Waals surface area contributed by atoms with Crippen molar-refractivity contribution < 1.29 is 0 Å². The molecule has 2 rings (SSSR count). The first-order chi connectivity index (χ1) is 8.65. The highest BCUT2D eigenvalue weighted by molar-refractivity contribution is 5.42.